The molecule has 4 heteroatoms. The largest absolute Gasteiger partial charge is 0.328 e. The van der Waals surface area contributed by atoms with Gasteiger partial charge >= 0.3 is 0 Å². The number of unbranched alkanes of at least 4 members (excludes halogenated alkanes) is 5. The first-order valence-corrected chi connectivity index (χ1v) is 11.9. The van der Waals surface area contributed by atoms with Crippen molar-refractivity contribution in [1.82, 2.24) is 9.55 Å². The molecule has 0 radical (unpaired) electrons. The molecule has 4 nitrogen and oxygen atoms in total. The van der Waals surface area contributed by atoms with E-state index in [1.807, 2.05) is 4.90 Å². The first kappa shape index (κ1) is 21.6. The summed E-state index contributed by atoms with van der Waals surface area (Å²) in [5, 5.41) is 0. The molecule has 3 aromatic rings. The van der Waals surface area contributed by atoms with Gasteiger partial charge in [-0.1, -0.05) is 57.2 Å². The normalized spacial score (nSPS) is 16.5. The van der Waals surface area contributed by atoms with Gasteiger partial charge in [0.1, 0.15) is 5.82 Å². The second-order valence-electron chi connectivity index (χ2n) is 9.05. The van der Waals surface area contributed by atoms with Crippen LogP contribution in [0.3, 0.4) is 0 Å². The lowest BCUT2D eigenvalue weighted by molar-refractivity contribution is -0.117. The Morgan fingerprint density at radius 3 is 2.55 bits per heavy atom. The van der Waals surface area contributed by atoms with Crippen LogP contribution in [0.2, 0.25) is 0 Å². The molecule has 0 spiro atoms. The molecule has 31 heavy (non-hydrogen) atoms. The van der Waals surface area contributed by atoms with E-state index in [4.69, 9.17) is 4.98 Å². The van der Waals surface area contributed by atoms with Gasteiger partial charge in [-0.05, 0) is 55.7 Å². The number of hydrogen-bond acceptors (Lipinski definition) is 2. The van der Waals surface area contributed by atoms with Crippen molar-refractivity contribution in [3.63, 3.8) is 0 Å². The van der Waals surface area contributed by atoms with Gasteiger partial charge in [0, 0.05) is 31.1 Å². The molecule has 1 saturated heterocycles. The topological polar surface area (TPSA) is 38.1 Å². The molecule has 1 aliphatic heterocycles. The summed E-state index contributed by atoms with van der Waals surface area (Å²) in [6.45, 7) is 8.17. The van der Waals surface area contributed by atoms with E-state index in [1.165, 1.54) is 55.2 Å². The molecule has 0 bridgehead atoms. The van der Waals surface area contributed by atoms with Crippen molar-refractivity contribution >= 4 is 22.6 Å². The molecule has 4 rings (SSSR count). The van der Waals surface area contributed by atoms with Gasteiger partial charge in [-0.3, -0.25) is 4.79 Å². The number of imidazole rings is 1. The average Bonchev–Trinajstić information content (AvgIpc) is 3.33. The fourth-order valence-electron chi connectivity index (χ4n) is 4.71. The van der Waals surface area contributed by atoms with Crippen LogP contribution in [0.4, 0.5) is 5.69 Å². The predicted molar refractivity (Wildman–Crippen MR) is 129 cm³/mol. The lowest BCUT2D eigenvalue weighted by Crippen LogP contribution is -2.24. The number of carbonyl (C=O) groups excluding carboxylic acids is 1. The average molecular weight is 418 g/mol. The highest BCUT2D eigenvalue weighted by Crippen LogP contribution is 2.34. The molecule has 0 N–H and O–H groups in total. The van der Waals surface area contributed by atoms with E-state index in [9.17, 15) is 4.79 Å². The molecule has 0 saturated carbocycles. The molecule has 1 unspecified atom stereocenters. The number of aromatic nitrogens is 2. The number of hydrogen-bond donors (Lipinski definition) is 0. The molecular formula is C27H35N3O. The zero-order chi connectivity index (χ0) is 21.8. The summed E-state index contributed by atoms with van der Waals surface area (Å²) in [7, 11) is 0. The summed E-state index contributed by atoms with van der Waals surface area (Å²) >= 11 is 0. The van der Waals surface area contributed by atoms with Crippen molar-refractivity contribution in [2.45, 2.75) is 78.2 Å². The standard InChI is InChI=1S/C27H35N3O/c1-4-5-6-7-8-11-16-29-25-13-10-9-12-24(25)28-27(29)22-18-26(31)30(19-22)23-15-14-20(2)21(3)17-23/h9-10,12-15,17,22H,4-8,11,16,18-19H2,1-3H3. The second-order valence-corrected chi connectivity index (χ2v) is 9.05. The van der Waals surface area contributed by atoms with Crippen LogP contribution in [0.15, 0.2) is 42.5 Å². The Morgan fingerprint density at radius 1 is 0.968 bits per heavy atom. The molecule has 1 atom stereocenters. The van der Waals surface area contributed by atoms with Crippen molar-refractivity contribution in [2.24, 2.45) is 0 Å². The molecule has 1 amide bonds. The van der Waals surface area contributed by atoms with Crippen LogP contribution in [0, 0.1) is 13.8 Å². The maximum Gasteiger partial charge on any atom is 0.227 e. The van der Waals surface area contributed by atoms with E-state index in [1.54, 1.807) is 0 Å². The van der Waals surface area contributed by atoms with Crippen LogP contribution < -0.4 is 4.90 Å². The number of nitrogens with zero attached hydrogens (tertiary/aromatic N) is 3. The SMILES string of the molecule is CCCCCCCCn1c(C2CC(=O)N(c3ccc(C)c(C)c3)C2)nc2ccccc21. The number of amides is 1. The van der Waals surface area contributed by atoms with E-state index in [0.29, 0.717) is 13.0 Å². The van der Waals surface area contributed by atoms with E-state index in [0.717, 1.165) is 23.6 Å². The summed E-state index contributed by atoms with van der Waals surface area (Å²) < 4.78 is 2.39. The van der Waals surface area contributed by atoms with Gasteiger partial charge in [0.05, 0.1) is 11.0 Å². The van der Waals surface area contributed by atoms with Crippen LogP contribution in [0.1, 0.15) is 74.7 Å². The zero-order valence-corrected chi connectivity index (χ0v) is 19.2. The third-order valence-electron chi connectivity index (χ3n) is 6.71. The summed E-state index contributed by atoms with van der Waals surface area (Å²) in [5.41, 5.74) is 5.73. The molecule has 164 valence electrons. The first-order valence-electron chi connectivity index (χ1n) is 11.9. The van der Waals surface area contributed by atoms with Gasteiger partial charge in [0.2, 0.25) is 5.91 Å². The van der Waals surface area contributed by atoms with Gasteiger partial charge < -0.3 is 9.47 Å². The van der Waals surface area contributed by atoms with E-state index >= 15 is 0 Å². The highest BCUT2D eigenvalue weighted by Gasteiger charge is 2.34. The fourth-order valence-corrected chi connectivity index (χ4v) is 4.71. The van der Waals surface area contributed by atoms with Crippen LogP contribution in [-0.4, -0.2) is 22.0 Å². The highest BCUT2D eigenvalue weighted by molar-refractivity contribution is 5.96. The summed E-state index contributed by atoms with van der Waals surface area (Å²) in [6.07, 6.45) is 8.20. The Kier molecular flexibility index (Phi) is 6.74. The first-order chi connectivity index (χ1) is 15.1. The third kappa shape index (κ3) is 4.68. The number of fused-ring (bicyclic) bond motifs is 1. The maximum absolute atomic E-state index is 12.9. The van der Waals surface area contributed by atoms with Crippen molar-refractivity contribution in [3.05, 3.63) is 59.4 Å². The molecular weight excluding hydrogens is 382 g/mol. The Morgan fingerprint density at radius 2 is 1.74 bits per heavy atom. The Bertz CT molecular complexity index is 1050. The number of para-hydroxylation sites is 2. The molecule has 1 aliphatic rings. The minimum Gasteiger partial charge on any atom is -0.328 e. The minimum absolute atomic E-state index is 0.140. The van der Waals surface area contributed by atoms with Crippen molar-refractivity contribution in [3.8, 4) is 0 Å². The second kappa shape index (κ2) is 9.67. The number of carbonyl (C=O) groups is 1. The smallest absolute Gasteiger partial charge is 0.227 e. The maximum atomic E-state index is 12.9. The number of aryl methyl sites for hydroxylation is 3. The van der Waals surface area contributed by atoms with Gasteiger partial charge in [-0.15, -0.1) is 0 Å². The van der Waals surface area contributed by atoms with Gasteiger partial charge in [0.15, 0.2) is 0 Å². The van der Waals surface area contributed by atoms with Crippen molar-refractivity contribution in [1.29, 1.82) is 0 Å². The number of benzene rings is 2. The lowest BCUT2D eigenvalue weighted by Gasteiger charge is -2.18. The molecule has 2 aromatic carbocycles. The van der Waals surface area contributed by atoms with Gasteiger partial charge in [-0.25, -0.2) is 4.98 Å². The molecule has 1 fully saturated rings. The van der Waals surface area contributed by atoms with Crippen LogP contribution in [-0.2, 0) is 11.3 Å². The van der Waals surface area contributed by atoms with Gasteiger partial charge in [-0.2, -0.15) is 0 Å². The van der Waals surface area contributed by atoms with Crippen molar-refractivity contribution in [2.75, 3.05) is 11.4 Å². The van der Waals surface area contributed by atoms with Crippen LogP contribution >= 0.6 is 0 Å². The number of anilines is 1. The highest BCUT2D eigenvalue weighted by atomic mass is 16.2. The van der Waals surface area contributed by atoms with Gasteiger partial charge in [0.25, 0.3) is 0 Å². The van der Waals surface area contributed by atoms with Crippen molar-refractivity contribution < 1.29 is 4.79 Å². The quantitative estimate of drug-likeness (QED) is 0.371. The zero-order valence-electron chi connectivity index (χ0n) is 19.2. The Hall–Kier alpha value is -2.62. The molecule has 1 aromatic heterocycles. The minimum atomic E-state index is 0.140. The summed E-state index contributed by atoms with van der Waals surface area (Å²) in [6, 6.07) is 14.7. The molecule has 2 heterocycles. The third-order valence-corrected chi connectivity index (χ3v) is 6.71. The fraction of sp³-hybridized carbons (Fsp3) is 0.481. The summed E-state index contributed by atoms with van der Waals surface area (Å²) in [5.74, 6) is 1.42. The summed E-state index contributed by atoms with van der Waals surface area (Å²) in [4.78, 5) is 19.9. The van der Waals surface area contributed by atoms with Crippen LogP contribution in [0.5, 0.6) is 0 Å². The monoisotopic (exact) mass is 417 g/mol. The van der Waals surface area contributed by atoms with E-state index < -0.39 is 0 Å². The lowest BCUT2D eigenvalue weighted by atomic mass is 10.1. The Balaban J connectivity index is 1.54. The molecule has 0 aliphatic carbocycles. The van der Waals surface area contributed by atoms with Crippen LogP contribution in [0.25, 0.3) is 11.0 Å². The Labute approximate surface area is 186 Å². The van der Waals surface area contributed by atoms with E-state index in [-0.39, 0.29) is 11.8 Å². The van der Waals surface area contributed by atoms with E-state index in [2.05, 4.69) is 67.8 Å². The predicted octanol–water partition coefficient (Wildman–Crippen LogP) is 6.53. The number of rotatable bonds is 9.